The molecule has 2 aliphatic rings. The first-order valence-electron chi connectivity index (χ1n) is 10.7. The number of likely N-dealkylation sites (tertiary alicyclic amines) is 1. The molecule has 7 heteroatoms. The summed E-state index contributed by atoms with van der Waals surface area (Å²) in [6, 6.07) is 6.30. The van der Waals surface area contributed by atoms with E-state index < -0.39 is 5.60 Å². The Morgan fingerprint density at radius 1 is 1.16 bits per heavy atom. The molecule has 1 aromatic heterocycles. The standard InChI is InChI=1S/C24H27Br2ClN2O2/c1-24(2,3)31-23(30)29-8-6-14(7-9-29)21-20-15(11-18(27)12-19(20)26)4-5-16-10-17(25)13-28-22(16)21/h10-14,21H,4-9H2,1-3H3/t21-/m1/s1/i8+2,9+2. The minimum atomic E-state index is -0.478. The van der Waals surface area contributed by atoms with Crippen molar-refractivity contribution in [2.24, 2.45) is 5.92 Å². The predicted molar refractivity (Wildman–Crippen MR) is 131 cm³/mol. The Bertz CT molecular complexity index is 998. The van der Waals surface area contributed by atoms with Crippen LogP contribution in [-0.4, -0.2) is 34.7 Å². The maximum absolute atomic E-state index is 12.5. The topological polar surface area (TPSA) is 42.4 Å². The van der Waals surface area contributed by atoms with Crippen LogP contribution in [0.4, 0.5) is 4.79 Å². The number of rotatable bonds is 1. The third-order valence-electron chi connectivity index (χ3n) is 6.08. The SMILES string of the molecule is CC(C)(C)OC(=O)N1[14CH2]CC([C@H]2c3ncc(Br)cc3CCc3cc(Cl)cc(Br)c32)C[14CH2]1. The van der Waals surface area contributed by atoms with E-state index in [0.29, 0.717) is 19.0 Å². The highest BCUT2D eigenvalue weighted by molar-refractivity contribution is 9.10. The average Bonchev–Trinajstić information content (AvgIpc) is 2.83. The Kier molecular flexibility index (Phi) is 6.72. The van der Waals surface area contributed by atoms with Crippen LogP contribution in [0.5, 0.6) is 0 Å². The molecule has 0 unspecified atom stereocenters. The molecule has 1 amide bonds. The normalized spacial score (nSPS) is 19.4. The van der Waals surface area contributed by atoms with E-state index >= 15 is 0 Å². The lowest BCUT2D eigenvalue weighted by molar-refractivity contribution is 0.0178. The second kappa shape index (κ2) is 9.03. The largest absolute Gasteiger partial charge is 0.444 e. The zero-order chi connectivity index (χ0) is 22.3. The van der Waals surface area contributed by atoms with Crippen molar-refractivity contribution in [3.05, 3.63) is 60.7 Å². The number of nitrogens with zero attached hydrogens (tertiary/aromatic N) is 2. The quantitative estimate of drug-likeness (QED) is 0.364. The number of carbonyl (C=O) groups excluding carboxylic acids is 1. The van der Waals surface area contributed by atoms with Crippen LogP contribution in [0.2, 0.25) is 5.02 Å². The summed E-state index contributed by atoms with van der Waals surface area (Å²) in [4.78, 5) is 19.3. The van der Waals surface area contributed by atoms with E-state index in [-0.39, 0.29) is 12.0 Å². The average molecular weight is 575 g/mol. The van der Waals surface area contributed by atoms with Crippen LogP contribution >= 0.6 is 43.5 Å². The van der Waals surface area contributed by atoms with Crippen molar-refractivity contribution in [3.63, 3.8) is 0 Å². The molecule has 0 N–H and O–H groups in total. The summed E-state index contributed by atoms with van der Waals surface area (Å²) in [7, 11) is 0. The Morgan fingerprint density at radius 3 is 2.52 bits per heavy atom. The number of benzene rings is 1. The molecule has 2 heterocycles. The van der Waals surface area contributed by atoms with Gasteiger partial charge in [0, 0.05) is 39.2 Å². The minimum Gasteiger partial charge on any atom is -0.444 e. The van der Waals surface area contributed by atoms with Gasteiger partial charge in [0.05, 0.1) is 5.69 Å². The van der Waals surface area contributed by atoms with Crippen molar-refractivity contribution in [3.8, 4) is 0 Å². The molecule has 1 aromatic carbocycles. The maximum Gasteiger partial charge on any atom is 0.410 e. The van der Waals surface area contributed by atoms with E-state index in [2.05, 4.69) is 44.0 Å². The van der Waals surface area contributed by atoms with E-state index in [4.69, 9.17) is 21.3 Å². The van der Waals surface area contributed by atoms with Gasteiger partial charge in [-0.1, -0.05) is 27.5 Å². The van der Waals surface area contributed by atoms with Crippen LogP contribution < -0.4 is 0 Å². The lowest BCUT2D eigenvalue weighted by atomic mass is 9.80. The molecule has 1 aliphatic heterocycles. The minimum absolute atomic E-state index is 0.174. The molecule has 2 aromatic rings. The van der Waals surface area contributed by atoms with Crippen LogP contribution in [0.1, 0.15) is 61.9 Å². The number of piperidine rings is 1. The van der Waals surface area contributed by atoms with Crippen LogP contribution in [0.25, 0.3) is 0 Å². The summed E-state index contributed by atoms with van der Waals surface area (Å²) in [5, 5.41) is 0.754. The number of aromatic nitrogens is 1. The summed E-state index contributed by atoms with van der Waals surface area (Å²) in [5.41, 5.74) is 4.55. The molecule has 4 nitrogen and oxygen atoms in total. The molecule has 1 atom stereocenters. The summed E-state index contributed by atoms with van der Waals surface area (Å²) in [6.45, 7) is 7.11. The zero-order valence-corrected chi connectivity index (χ0v) is 22.0. The van der Waals surface area contributed by atoms with Gasteiger partial charge in [-0.15, -0.1) is 0 Å². The lowest BCUT2D eigenvalue weighted by Crippen LogP contribution is -2.42. The van der Waals surface area contributed by atoms with Crippen molar-refractivity contribution in [2.75, 3.05) is 13.1 Å². The highest BCUT2D eigenvalue weighted by atomic mass is 79.9. The molecule has 1 fully saturated rings. The van der Waals surface area contributed by atoms with Gasteiger partial charge in [-0.3, -0.25) is 4.98 Å². The second-order valence-corrected chi connectivity index (χ2v) is 11.6. The fraction of sp³-hybridized carbons (Fsp3) is 0.500. The Hall–Kier alpha value is -1.11. The highest BCUT2D eigenvalue weighted by Gasteiger charge is 2.37. The molecule has 4 rings (SSSR count). The molecule has 1 saturated heterocycles. The van der Waals surface area contributed by atoms with Gasteiger partial charge in [0.15, 0.2) is 0 Å². The molecule has 1 aliphatic carbocycles. The predicted octanol–water partition coefficient (Wildman–Crippen LogP) is 7.14. The highest BCUT2D eigenvalue weighted by Crippen LogP contribution is 2.46. The fourth-order valence-corrected chi connectivity index (χ4v) is 6.27. The monoisotopic (exact) mass is 572 g/mol. The lowest BCUT2D eigenvalue weighted by Gasteiger charge is -2.37. The van der Waals surface area contributed by atoms with Gasteiger partial charge in [0.2, 0.25) is 0 Å². The first-order valence-corrected chi connectivity index (χ1v) is 12.7. The van der Waals surface area contributed by atoms with E-state index in [9.17, 15) is 4.79 Å². The van der Waals surface area contributed by atoms with Crippen LogP contribution in [-0.2, 0) is 17.6 Å². The number of hydrogen-bond acceptors (Lipinski definition) is 3. The van der Waals surface area contributed by atoms with Crippen molar-refractivity contribution < 1.29 is 9.53 Å². The maximum atomic E-state index is 12.5. The summed E-state index contributed by atoms with van der Waals surface area (Å²) < 4.78 is 7.64. The van der Waals surface area contributed by atoms with Gasteiger partial charge in [-0.2, -0.15) is 0 Å². The van der Waals surface area contributed by atoms with Crippen LogP contribution in [0.3, 0.4) is 0 Å². The molecule has 0 saturated carbocycles. The van der Waals surface area contributed by atoms with Gasteiger partial charge in [0.25, 0.3) is 0 Å². The number of amides is 1. The number of aryl methyl sites for hydroxylation is 2. The van der Waals surface area contributed by atoms with Crippen molar-refractivity contribution >= 4 is 49.6 Å². The van der Waals surface area contributed by atoms with Gasteiger partial charge in [-0.25, -0.2) is 4.79 Å². The third kappa shape index (κ3) is 5.12. The molecular weight excluding hydrogens is 548 g/mol. The summed E-state index contributed by atoms with van der Waals surface area (Å²) in [6.07, 6.45) is 5.38. The van der Waals surface area contributed by atoms with Crippen molar-refractivity contribution in [1.29, 1.82) is 0 Å². The van der Waals surface area contributed by atoms with Crippen molar-refractivity contribution in [2.45, 2.75) is 58.0 Å². The van der Waals surface area contributed by atoms with Crippen molar-refractivity contribution in [1.82, 2.24) is 9.88 Å². The third-order valence-corrected chi connectivity index (χ3v) is 7.39. The number of hydrogen-bond donors (Lipinski definition) is 0. The zero-order valence-electron chi connectivity index (χ0n) is 18.1. The van der Waals surface area contributed by atoms with E-state index in [1.54, 1.807) is 0 Å². The van der Waals surface area contributed by atoms with E-state index in [1.807, 2.05) is 37.9 Å². The molecule has 0 bridgehead atoms. The molecule has 0 spiro atoms. The first kappa shape index (κ1) is 23.1. The Labute approximate surface area is 206 Å². The summed E-state index contributed by atoms with van der Waals surface area (Å²) in [5.74, 6) is 0.563. The second-order valence-electron chi connectivity index (χ2n) is 9.44. The van der Waals surface area contributed by atoms with E-state index in [0.717, 1.165) is 45.3 Å². The van der Waals surface area contributed by atoms with Crippen LogP contribution in [0, 0.1) is 5.92 Å². The number of fused-ring (bicyclic) bond motifs is 2. The van der Waals surface area contributed by atoms with Gasteiger partial charge in [0.1, 0.15) is 5.60 Å². The molecule has 31 heavy (non-hydrogen) atoms. The molecular formula is C24H27Br2ClN2O2. The van der Waals surface area contributed by atoms with Gasteiger partial charge < -0.3 is 9.64 Å². The number of carbonyl (C=O) groups is 1. The summed E-state index contributed by atoms with van der Waals surface area (Å²) >= 11 is 13.8. The first-order chi connectivity index (χ1) is 14.6. The number of halogens is 3. The smallest absolute Gasteiger partial charge is 0.410 e. The molecule has 166 valence electrons. The fourth-order valence-electron chi connectivity index (χ4n) is 4.77. The Balaban J connectivity index is 1.66. The van der Waals surface area contributed by atoms with Crippen LogP contribution in [0.15, 0.2) is 33.3 Å². The van der Waals surface area contributed by atoms with E-state index in [1.165, 1.54) is 16.7 Å². The Morgan fingerprint density at radius 2 is 1.84 bits per heavy atom. The number of pyridine rings is 1. The van der Waals surface area contributed by atoms with Gasteiger partial charge >= 0.3 is 6.09 Å². The van der Waals surface area contributed by atoms with Gasteiger partial charge in [-0.05, 0) is 103 Å². The molecule has 0 radical (unpaired) electrons. The number of ether oxygens (including phenoxy) is 1.